The summed E-state index contributed by atoms with van der Waals surface area (Å²) in [6, 6.07) is 15.3. The van der Waals surface area contributed by atoms with E-state index in [0.717, 1.165) is 10.4 Å². The van der Waals surface area contributed by atoms with E-state index in [2.05, 4.69) is 10.2 Å². The topological polar surface area (TPSA) is 80.1 Å². The first-order valence-corrected chi connectivity index (χ1v) is 15.5. The molecule has 0 aromatic heterocycles. The van der Waals surface area contributed by atoms with E-state index in [1.54, 1.807) is 0 Å². The summed E-state index contributed by atoms with van der Waals surface area (Å²) in [4.78, 5) is 0. The van der Waals surface area contributed by atoms with Gasteiger partial charge in [-0.05, 0) is 53.7 Å². The lowest BCUT2D eigenvalue weighted by atomic mass is 10.3. The number of hydrogen-bond acceptors (Lipinski definition) is 8. The number of benzene rings is 2. The smallest absolute Gasteiger partial charge is 0.370 e. The van der Waals surface area contributed by atoms with Gasteiger partial charge in [0.05, 0.1) is 11.4 Å². The van der Waals surface area contributed by atoms with Crippen LogP contribution in [0.2, 0.25) is 0 Å². The van der Waals surface area contributed by atoms with Gasteiger partial charge in [-0.1, -0.05) is 36.4 Å². The molecule has 0 aliphatic rings. The molecule has 0 saturated heterocycles. The Morgan fingerprint density at radius 3 is 1.00 bits per heavy atom. The van der Waals surface area contributed by atoms with Crippen molar-refractivity contribution in [3.05, 3.63) is 48.5 Å². The van der Waals surface area contributed by atoms with Crippen molar-refractivity contribution in [2.75, 3.05) is 39.6 Å². The van der Waals surface area contributed by atoms with E-state index in [0.29, 0.717) is 51.0 Å². The summed E-state index contributed by atoms with van der Waals surface area (Å²) in [6.45, 7) is 14.4. The van der Waals surface area contributed by atoms with E-state index in [9.17, 15) is 0 Å². The zero-order valence-electron chi connectivity index (χ0n) is 21.2. The minimum atomic E-state index is -3.16. The van der Waals surface area contributed by atoms with E-state index in [-0.39, 0.29) is 0 Å². The van der Waals surface area contributed by atoms with Gasteiger partial charge in [-0.25, -0.2) is 0 Å². The highest BCUT2D eigenvalue weighted by atomic mass is 28.4. The Bertz CT molecular complexity index is 794. The molecule has 2 aromatic carbocycles. The number of hydrogen-bond donors (Lipinski definition) is 0. The van der Waals surface area contributed by atoms with E-state index in [1.807, 2.05) is 90.1 Å². The van der Waals surface area contributed by atoms with Crippen LogP contribution in [0, 0.1) is 0 Å². The van der Waals surface area contributed by atoms with Crippen LogP contribution < -0.4 is 10.4 Å². The van der Waals surface area contributed by atoms with E-state index in [4.69, 9.17) is 26.6 Å². The summed E-state index contributed by atoms with van der Waals surface area (Å²) < 4.78 is 36.6. The first-order valence-electron chi connectivity index (χ1n) is 12.0. The van der Waals surface area contributed by atoms with Crippen molar-refractivity contribution in [1.29, 1.82) is 0 Å². The fourth-order valence-electron chi connectivity index (χ4n) is 3.60. The van der Waals surface area contributed by atoms with E-state index in [1.165, 1.54) is 0 Å². The lowest BCUT2D eigenvalue weighted by Crippen LogP contribution is -2.57. The van der Waals surface area contributed by atoms with Gasteiger partial charge in [-0.2, -0.15) is 10.2 Å². The Balaban J connectivity index is 2.58. The van der Waals surface area contributed by atoms with Crippen LogP contribution in [-0.2, 0) is 26.6 Å². The molecule has 2 aromatic rings. The molecule has 0 bridgehead atoms. The maximum atomic E-state index is 6.10. The van der Waals surface area contributed by atoms with Crippen LogP contribution in [0.4, 0.5) is 11.4 Å². The highest BCUT2D eigenvalue weighted by molar-refractivity contribution is 6.77. The Hall–Kier alpha value is -1.77. The van der Waals surface area contributed by atoms with Crippen molar-refractivity contribution in [3.63, 3.8) is 0 Å². The van der Waals surface area contributed by atoms with E-state index >= 15 is 0 Å². The van der Waals surface area contributed by atoms with E-state index < -0.39 is 17.6 Å². The van der Waals surface area contributed by atoms with Crippen molar-refractivity contribution in [2.45, 2.75) is 41.5 Å². The van der Waals surface area contributed by atoms with Crippen LogP contribution in [0.3, 0.4) is 0 Å². The third-order valence-corrected chi connectivity index (χ3v) is 10.9. The van der Waals surface area contributed by atoms with Gasteiger partial charge in [-0.15, -0.1) is 0 Å². The summed E-state index contributed by atoms with van der Waals surface area (Å²) in [5.41, 5.74) is 1.27. The molecule has 0 fully saturated rings. The SMILES string of the molecule is CCO[Si](OCC)(OCC)c1ccccc1N=Nc1ccccc1[Si](OCC)(OCC)OCC. The first-order chi connectivity index (χ1) is 16.6. The lowest BCUT2D eigenvalue weighted by molar-refractivity contribution is 0.0852. The minimum Gasteiger partial charge on any atom is -0.370 e. The van der Waals surface area contributed by atoms with Crippen LogP contribution in [0.5, 0.6) is 0 Å². The highest BCUT2D eigenvalue weighted by Gasteiger charge is 2.46. The van der Waals surface area contributed by atoms with Crippen LogP contribution in [-0.4, -0.2) is 57.3 Å². The molecule has 0 amide bonds. The van der Waals surface area contributed by atoms with Gasteiger partial charge in [0, 0.05) is 50.0 Å². The van der Waals surface area contributed by atoms with Crippen molar-refractivity contribution < 1.29 is 26.6 Å². The van der Waals surface area contributed by atoms with Gasteiger partial charge < -0.3 is 26.6 Å². The normalized spacial score (nSPS) is 12.5. The number of nitrogens with zero attached hydrogens (tertiary/aromatic N) is 2. The third-order valence-electron chi connectivity index (χ3n) is 4.74. The summed E-state index contributed by atoms with van der Waals surface area (Å²) in [5, 5.41) is 10.8. The molecule has 0 spiro atoms. The van der Waals surface area contributed by atoms with Gasteiger partial charge in [0.15, 0.2) is 0 Å². The largest absolute Gasteiger partial charge is 0.539 e. The first kappa shape index (κ1) is 28.5. The fourth-order valence-corrected chi connectivity index (χ4v) is 8.81. The zero-order chi connectivity index (χ0) is 24.9. The third kappa shape index (κ3) is 6.89. The molecule has 0 aliphatic heterocycles. The standard InChI is InChI=1S/C24H38N2O6Si2/c1-7-27-33(28-8-2,29-9-3)23-19-15-13-17-21(23)25-26-22-18-14-16-20-24(22)34(30-10-4,31-11-5)32-12-6/h13-20H,7-12H2,1-6H3. The number of rotatable bonds is 16. The Morgan fingerprint density at radius 1 is 0.471 bits per heavy atom. The molecule has 0 saturated carbocycles. The molecular formula is C24H38N2O6Si2. The molecule has 0 aliphatic carbocycles. The van der Waals surface area contributed by atoms with Crippen LogP contribution in [0.1, 0.15) is 41.5 Å². The average Bonchev–Trinajstić information content (AvgIpc) is 2.84. The van der Waals surface area contributed by atoms with Crippen molar-refractivity contribution in [2.24, 2.45) is 10.2 Å². The highest BCUT2D eigenvalue weighted by Crippen LogP contribution is 2.23. The maximum Gasteiger partial charge on any atom is 0.539 e. The van der Waals surface area contributed by atoms with Crippen molar-refractivity contribution >= 4 is 39.4 Å². The predicted octanol–water partition coefficient (Wildman–Crippen LogP) is 4.61. The second-order valence-electron chi connectivity index (χ2n) is 6.94. The Kier molecular flexibility index (Phi) is 12.2. The summed E-state index contributed by atoms with van der Waals surface area (Å²) in [6.07, 6.45) is 0. The molecule has 10 heteroatoms. The zero-order valence-corrected chi connectivity index (χ0v) is 23.2. The van der Waals surface area contributed by atoms with Crippen LogP contribution >= 0.6 is 0 Å². The molecular weight excluding hydrogens is 468 g/mol. The summed E-state index contributed by atoms with van der Waals surface area (Å²) in [5.74, 6) is 0. The average molecular weight is 507 g/mol. The quantitative estimate of drug-likeness (QED) is 0.244. The number of azo groups is 1. The second kappa shape index (κ2) is 14.6. The molecule has 2 rings (SSSR count). The van der Waals surface area contributed by atoms with Gasteiger partial charge in [-0.3, -0.25) is 0 Å². The molecule has 0 heterocycles. The van der Waals surface area contributed by atoms with Crippen LogP contribution in [0.15, 0.2) is 58.8 Å². The molecule has 0 N–H and O–H groups in total. The maximum absolute atomic E-state index is 6.10. The van der Waals surface area contributed by atoms with Gasteiger partial charge in [0.25, 0.3) is 0 Å². The summed E-state index contributed by atoms with van der Waals surface area (Å²) in [7, 11) is -6.32. The fraction of sp³-hybridized carbons (Fsp3) is 0.500. The predicted molar refractivity (Wildman–Crippen MR) is 138 cm³/mol. The molecule has 0 radical (unpaired) electrons. The Labute approximate surface area is 205 Å². The van der Waals surface area contributed by atoms with Crippen molar-refractivity contribution in [3.8, 4) is 0 Å². The monoisotopic (exact) mass is 506 g/mol. The summed E-state index contributed by atoms with van der Waals surface area (Å²) >= 11 is 0. The van der Waals surface area contributed by atoms with Gasteiger partial charge >= 0.3 is 17.6 Å². The van der Waals surface area contributed by atoms with Gasteiger partial charge in [0.2, 0.25) is 0 Å². The second-order valence-corrected chi connectivity index (χ2v) is 12.0. The Morgan fingerprint density at radius 2 is 0.735 bits per heavy atom. The van der Waals surface area contributed by atoms with Crippen LogP contribution in [0.25, 0.3) is 0 Å². The minimum absolute atomic E-state index is 0.464. The molecule has 34 heavy (non-hydrogen) atoms. The van der Waals surface area contributed by atoms with Crippen molar-refractivity contribution in [1.82, 2.24) is 0 Å². The lowest BCUT2D eigenvalue weighted by Gasteiger charge is -2.29. The molecule has 8 nitrogen and oxygen atoms in total. The molecule has 0 unspecified atom stereocenters. The van der Waals surface area contributed by atoms with Gasteiger partial charge in [0.1, 0.15) is 0 Å². The molecule has 188 valence electrons. The molecule has 0 atom stereocenters.